The summed E-state index contributed by atoms with van der Waals surface area (Å²) in [4.78, 5) is 27.9. The normalized spacial score (nSPS) is 12.4. The number of pyridine rings is 3. The van der Waals surface area contributed by atoms with Gasteiger partial charge in [-0.1, -0.05) is 0 Å². The second-order valence-electron chi connectivity index (χ2n) is 11.2. The van der Waals surface area contributed by atoms with Gasteiger partial charge in [-0.2, -0.15) is 4.98 Å². The van der Waals surface area contributed by atoms with Crippen LogP contribution in [0.4, 0.5) is 0 Å². The van der Waals surface area contributed by atoms with Crippen molar-refractivity contribution in [3.05, 3.63) is 101 Å². The Morgan fingerprint density at radius 2 is 1.44 bits per heavy atom. The highest BCUT2D eigenvalue weighted by atomic mass is 32.2. The van der Waals surface area contributed by atoms with Crippen LogP contribution in [0.3, 0.4) is 0 Å². The van der Waals surface area contributed by atoms with Crippen LogP contribution in [0.1, 0.15) is 28.1 Å². The molecule has 0 fully saturated rings. The maximum absolute atomic E-state index is 12.8. The van der Waals surface area contributed by atoms with Crippen LogP contribution < -0.4 is 14.2 Å². The molecule has 6 heterocycles. The Kier molecular flexibility index (Phi) is 10.3. The number of methoxy groups -OCH3 is 3. The number of ether oxygens (including phenoxy) is 3. The summed E-state index contributed by atoms with van der Waals surface area (Å²) in [5.74, 6) is 2.51. The molecule has 6 aromatic heterocycles. The third kappa shape index (κ3) is 7.28. The molecule has 0 radical (unpaired) electrons. The number of aromatic amines is 2. The highest BCUT2D eigenvalue weighted by molar-refractivity contribution is 7.84. The van der Waals surface area contributed by atoms with Gasteiger partial charge >= 0.3 is 0 Å². The Morgan fingerprint density at radius 3 is 2.14 bits per heavy atom. The van der Waals surface area contributed by atoms with Crippen molar-refractivity contribution in [2.24, 2.45) is 0 Å². The first-order valence-electron chi connectivity index (χ1n) is 15.5. The molecule has 0 aliphatic carbocycles. The number of H-pyrrole nitrogens is 2. The molecule has 0 bridgehead atoms. The van der Waals surface area contributed by atoms with Crippen LogP contribution in [-0.4, -0.2) is 69.2 Å². The fraction of sp³-hybridized carbons (Fsp3) is 0.229. The Hall–Kier alpha value is -5.41. The summed E-state index contributed by atoms with van der Waals surface area (Å²) in [7, 11) is 2.09. The summed E-state index contributed by atoms with van der Waals surface area (Å²) >= 11 is 0. The quantitative estimate of drug-likeness (QED) is 0.181. The van der Waals surface area contributed by atoms with Crippen LogP contribution in [0.25, 0.3) is 27.9 Å². The lowest BCUT2D eigenvalue weighted by atomic mass is 10.1. The third-order valence-electron chi connectivity index (χ3n) is 8.05. The van der Waals surface area contributed by atoms with Crippen molar-refractivity contribution < 1.29 is 22.6 Å². The number of rotatable bonds is 10. The molecule has 1 aromatic carbocycles. The van der Waals surface area contributed by atoms with E-state index in [2.05, 4.69) is 34.9 Å². The molecule has 0 spiro atoms. The maximum Gasteiger partial charge on any atom is 0.215 e. The van der Waals surface area contributed by atoms with Gasteiger partial charge in [0.2, 0.25) is 5.88 Å². The SMILES string of the molecule is COc1ccc2[nH]c(S(=O)Cc3ncc(C)c(OC)c3C)nc2n1.COc1ccnc(CS(=O)c2nc3ccc(-n4cccc4)cc3[nH]2)c1C. The van der Waals surface area contributed by atoms with Gasteiger partial charge in [-0.25, -0.2) is 9.97 Å². The Morgan fingerprint density at radius 1 is 0.740 bits per heavy atom. The van der Waals surface area contributed by atoms with Crippen molar-refractivity contribution in [1.29, 1.82) is 0 Å². The van der Waals surface area contributed by atoms with E-state index in [-0.39, 0.29) is 11.5 Å². The fourth-order valence-corrected chi connectivity index (χ4v) is 7.54. The number of imidazole rings is 2. The topological polar surface area (TPSA) is 163 Å². The number of hydrogen-bond donors (Lipinski definition) is 2. The van der Waals surface area contributed by atoms with Gasteiger partial charge in [-0.15, -0.1) is 0 Å². The lowest BCUT2D eigenvalue weighted by Crippen LogP contribution is -2.05. The number of aromatic nitrogens is 8. The predicted octanol–water partition coefficient (Wildman–Crippen LogP) is 5.67. The van der Waals surface area contributed by atoms with E-state index in [1.807, 2.05) is 68.1 Å². The van der Waals surface area contributed by atoms with Gasteiger partial charge in [0.05, 0.1) is 82.4 Å². The first-order valence-corrected chi connectivity index (χ1v) is 18.1. The molecule has 258 valence electrons. The number of aryl methyl sites for hydroxylation is 1. The molecule has 15 heteroatoms. The number of nitrogens with one attached hydrogen (secondary N) is 2. The first kappa shape index (κ1) is 34.5. The molecule has 2 N–H and O–H groups in total. The van der Waals surface area contributed by atoms with Crippen LogP contribution in [-0.2, 0) is 33.1 Å². The van der Waals surface area contributed by atoms with Crippen molar-refractivity contribution >= 4 is 43.8 Å². The molecule has 0 saturated heterocycles. The van der Waals surface area contributed by atoms with E-state index in [0.717, 1.165) is 56.3 Å². The maximum atomic E-state index is 12.8. The molecule has 0 amide bonds. The molecule has 2 atom stereocenters. The Labute approximate surface area is 293 Å². The van der Waals surface area contributed by atoms with E-state index in [1.54, 1.807) is 51.9 Å². The summed E-state index contributed by atoms with van der Waals surface area (Å²) < 4.78 is 43.2. The van der Waals surface area contributed by atoms with Gasteiger partial charge in [-0.05, 0) is 63.2 Å². The molecule has 2 unspecified atom stereocenters. The van der Waals surface area contributed by atoms with Gasteiger partial charge in [0.25, 0.3) is 0 Å². The van der Waals surface area contributed by atoms with Crippen LogP contribution >= 0.6 is 0 Å². The summed E-state index contributed by atoms with van der Waals surface area (Å²) in [6.07, 6.45) is 7.35. The lowest BCUT2D eigenvalue weighted by molar-refractivity contribution is 0.399. The van der Waals surface area contributed by atoms with Gasteiger partial charge in [0, 0.05) is 53.2 Å². The van der Waals surface area contributed by atoms with Crippen LogP contribution in [0, 0.1) is 20.8 Å². The molecule has 7 rings (SSSR count). The molecular formula is C35H36N8O5S2. The van der Waals surface area contributed by atoms with Crippen molar-refractivity contribution in [1.82, 2.24) is 39.5 Å². The van der Waals surface area contributed by atoms with Crippen molar-refractivity contribution in [3.63, 3.8) is 0 Å². The zero-order valence-electron chi connectivity index (χ0n) is 28.4. The second-order valence-corrected chi connectivity index (χ2v) is 13.9. The molecule has 0 saturated carbocycles. The summed E-state index contributed by atoms with van der Waals surface area (Å²) in [5.41, 5.74) is 8.07. The van der Waals surface area contributed by atoms with E-state index in [9.17, 15) is 8.42 Å². The minimum Gasteiger partial charge on any atom is -0.496 e. The molecule has 0 aliphatic rings. The number of benzene rings is 1. The van der Waals surface area contributed by atoms with E-state index in [1.165, 1.54) is 0 Å². The van der Waals surface area contributed by atoms with E-state index < -0.39 is 21.6 Å². The zero-order chi connectivity index (χ0) is 35.4. The number of hydrogen-bond acceptors (Lipinski definition) is 10. The van der Waals surface area contributed by atoms with Gasteiger partial charge in [0.15, 0.2) is 16.0 Å². The standard InChI is InChI=1S/C19H18N4O2S.C16H18N4O3S/c1-13-17(20-8-7-18(13)25-2)12-26(24)19-21-15-6-5-14(11-16(15)22-19)23-9-3-4-10-23;1-9-7-17-12(10(2)14(9)23-4)8-24(21)16-18-11-5-6-13(22-3)19-15(11)20-16/h3-11H,12H2,1-2H3,(H,21,22);5-7H,8H2,1-4H3,(H,18,19,20). The van der Waals surface area contributed by atoms with Gasteiger partial charge in [0.1, 0.15) is 11.5 Å². The average Bonchev–Trinajstić information content (AvgIpc) is 3.90. The van der Waals surface area contributed by atoms with Crippen molar-refractivity contribution in [2.45, 2.75) is 42.6 Å². The van der Waals surface area contributed by atoms with E-state index in [0.29, 0.717) is 27.4 Å². The van der Waals surface area contributed by atoms with Crippen LogP contribution in [0.15, 0.2) is 83.6 Å². The molecule has 0 aliphatic heterocycles. The van der Waals surface area contributed by atoms with Gasteiger partial charge in [-0.3, -0.25) is 18.4 Å². The fourth-order valence-electron chi connectivity index (χ4n) is 5.35. The number of fused-ring (bicyclic) bond motifs is 2. The highest BCUT2D eigenvalue weighted by Gasteiger charge is 2.17. The van der Waals surface area contributed by atoms with E-state index in [4.69, 9.17) is 14.2 Å². The smallest absolute Gasteiger partial charge is 0.215 e. The molecular weight excluding hydrogens is 677 g/mol. The molecule has 50 heavy (non-hydrogen) atoms. The second kappa shape index (κ2) is 15.0. The lowest BCUT2D eigenvalue weighted by Gasteiger charge is -2.11. The predicted molar refractivity (Wildman–Crippen MR) is 192 cm³/mol. The highest BCUT2D eigenvalue weighted by Crippen LogP contribution is 2.26. The number of nitrogens with zero attached hydrogens (tertiary/aromatic N) is 6. The molecule has 7 aromatic rings. The average molecular weight is 713 g/mol. The van der Waals surface area contributed by atoms with Gasteiger partial charge < -0.3 is 28.7 Å². The zero-order valence-corrected chi connectivity index (χ0v) is 30.0. The minimum absolute atomic E-state index is 0.249. The largest absolute Gasteiger partial charge is 0.496 e. The Bertz CT molecular complexity index is 2340. The summed E-state index contributed by atoms with van der Waals surface area (Å²) in [6, 6.07) is 15.2. The van der Waals surface area contributed by atoms with Crippen LogP contribution in [0.2, 0.25) is 0 Å². The third-order valence-corrected chi connectivity index (χ3v) is 10.4. The summed E-state index contributed by atoms with van der Waals surface area (Å²) in [6.45, 7) is 5.76. The Balaban J connectivity index is 0.000000174. The van der Waals surface area contributed by atoms with E-state index >= 15 is 0 Å². The monoisotopic (exact) mass is 712 g/mol. The summed E-state index contributed by atoms with van der Waals surface area (Å²) in [5, 5.41) is 0.820. The van der Waals surface area contributed by atoms with Crippen molar-refractivity contribution in [2.75, 3.05) is 21.3 Å². The first-order chi connectivity index (χ1) is 24.2. The van der Waals surface area contributed by atoms with Crippen LogP contribution in [0.5, 0.6) is 17.4 Å². The minimum atomic E-state index is -1.37. The van der Waals surface area contributed by atoms with Crippen molar-refractivity contribution in [3.8, 4) is 23.1 Å². The molecule has 13 nitrogen and oxygen atoms in total.